The quantitative estimate of drug-likeness (QED) is 0.671. The van der Waals surface area contributed by atoms with E-state index in [1.165, 1.54) is 13.0 Å². The lowest BCUT2D eigenvalue weighted by atomic mass is 10.1. The van der Waals surface area contributed by atoms with Crippen LogP contribution in [0.2, 0.25) is 0 Å². The molecule has 0 aliphatic rings. The molecule has 0 aliphatic heterocycles. The molecular weight excluding hydrogens is 288 g/mol. The van der Waals surface area contributed by atoms with Gasteiger partial charge < -0.3 is 5.73 Å². The Morgan fingerprint density at radius 2 is 1.71 bits per heavy atom. The second kappa shape index (κ2) is 5.57. The Labute approximate surface area is 123 Å². The number of sulfonamides is 1. The van der Waals surface area contributed by atoms with Crippen LogP contribution in [0.15, 0.2) is 47.4 Å². The van der Waals surface area contributed by atoms with E-state index in [0.29, 0.717) is 16.9 Å². The molecule has 0 aromatic heterocycles. The summed E-state index contributed by atoms with van der Waals surface area (Å²) in [6.45, 7) is 3.23. The predicted molar refractivity (Wildman–Crippen MR) is 82.8 cm³/mol. The standard InChI is InChI=1S/C15H16N2O3S/c1-10-7-13(16)9-15(8-10)21(19,20)17-14-5-3-12(4-6-14)11(2)18/h3-9,17H,16H2,1-2H3. The first-order valence-corrected chi connectivity index (χ1v) is 7.77. The van der Waals surface area contributed by atoms with Crippen LogP contribution in [0.1, 0.15) is 22.8 Å². The first kappa shape index (κ1) is 15.1. The molecule has 2 rings (SSSR count). The van der Waals surface area contributed by atoms with Crippen molar-refractivity contribution in [3.63, 3.8) is 0 Å². The normalized spacial score (nSPS) is 11.1. The van der Waals surface area contributed by atoms with Gasteiger partial charge in [-0.1, -0.05) is 0 Å². The van der Waals surface area contributed by atoms with Gasteiger partial charge in [-0.05, 0) is 61.9 Å². The van der Waals surface area contributed by atoms with Crippen LogP contribution < -0.4 is 10.5 Å². The van der Waals surface area contributed by atoms with Gasteiger partial charge in [-0.3, -0.25) is 9.52 Å². The Kier molecular flexibility index (Phi) is 3.99. The van der Waals surface area contributed by atoms with E-state index < -0.39 is 10.0 Å². The molecule has 0 heterocycles. The van der Waals surface area contributed by atoms with Gasteiger partial charge in [-0.2, -0.15) is 0 Å². The van der Waals surface area contributed by atoms with Gasteiger partial charge in [0.25, 0.3) is 10.0 Å². The van der Waals surface area contributed by atoms with Crippen molar-refractivity contribution >= 4 is 27.2 Å². The third-order valence-corrected chi connectivity index (χ3v) is 4.29. The zero-order valence-corrected chi connectivity index (χ0v) is 12.6. The van der Waals surface area contributed by atoms with Crippen LogP contribution in [-0.2, 0) is 10.0 Å². The lowest BCUT2D eigenvalue weighted by Gasteiger charge is -2.10. The Morgan fingerprint density at radius 1 is 1.10 bits per heavy atom. The molecule has 110 valence electrons. The van der Waals surface area contributed by atoms with E-state index in [-0.39, 0.29) is 10.7 Å². The van der Waals surface area contributed by atoms with E-state index in [0.717, 1.165) is 5.56 Å². The summed E-state index contributed by atoms with van der Waals surface area (Å²) in [7, 11) is -3.71. The van der Waals surface area contributed by atoms with Crippen molar-refractivity contribution in [3.8, 4) is 0 Å². The smallest absolute Gasteiger partial charge is 0.261 e. The third-order valence-electron chi connectivity index (χ3n) is 2.93. The highest BCUT2D eigenvalue weighted by Gasteiger charge is 2.15. The lowest BCUT2D eigenvalue weighted by molar-refractivity contribution is 0.101. The summed E-state index contributed by atoms with van der Waals surface area (Å²) < 4.78 is 27.0. The fourth-order valence-electron chi connectivity index (χ4n) is 1.92. The van der Waals surface area contributed by atoms with Gasteiger partial charge in [0.2, 0.25) is 0 Å². The van der Waals surface area contributed by atoms with E-state index in [1.807, 2.05) is 0 Å². The lowest BCUT2D eigenvalue weighted by Crippen LogP contribution is -2.13. The highest BCUT2D eigenvalue weighted by atomic mass is 32.2. The van der Waals surface area contributed by atoms with Gasteiger partial charge in [0.1, 0.15) is 0 Å². The Morgan fingerprint density at radius 3 is 2.24 bits per heavy atom. The van der Waals surface area contributed by atoms with Crippen molar-refractivity contribution in [1.82, 2.24) is 0 Å². The maximum Gasteiger partial charge on any atom is 0.261 e. The molecule has 0 aliphatic carbocycles. The van der Waals surface area contributed by atoms with E-state index >= 15 is 0 Å². The number of anilines is 2. The van der Waals surface area contributed by atoms with Crippen molar-refractivity contribution in [2.24, 2.45) is 0 Å². The Balaban J connectivity index is 2.30. The van der Waals surface area contributed by atoms with Crippen LogP contribution >= 0.6 is 0 Å². The minimum atomic E-state index is -3.71. The highest BCUT2D eigenvalue weighted by molar-refractivity contribution is 7.92. The van der Waals surface area contributed by atoms with Crippen molar-refractivity contribution in [2.45, 2.75) is 18.7 Å². The SMILES string of the molecule is CC(=O)c1ccc(NS(=O)(=O)c2cc(C)cc(N)c2)cc1. The maximum absolute atomic E-state index is 12.3. The summed E-state index contributed by atoms with van der Waals surface area (Å²) >= 11 is 0. The number of nitrogens with two attached hydrogens (primary N) is 1. The van der Waals surface area contributed by atoms with Crippen LogP contribution in [0.25, 0.3) is 0 Å². The number of nitrogens with one attached hydrogen (secondary N) is 1. The van der Waals surface area contributed by atoms with E-state index in [4.69, 9.17) is 5.73 Å². The van der Waals surface area contributed by atoms with Crippen molar-refractivity contribution in [2.75, 3.05) is 10.5 Å². The molecule has 0 unspecified atom stereocenters. The molecule has 0 radical (unpaired) electrons. The zero-order chi connectivity index (χ0) is 15.6. The number of hydrogen-bond acceptors (Lipinski definition) is 4. The minimum Gasteiger partial charge on any atom is -0.399 e. The van der Waals surface area contributed by atoms with E-state index in [1.54, 1.807) is 43.3 Å². The summed E-state index contributed by atoms with van der Waals surface area (Å²) in [4.78, 5) is 11.3. The first-order chi connectivity index (χ1) is 9.78. The second-order valence-corrected chi connectivity index (χ2v) is 6.50. The first-order valence-electron chi connectivity index (χ1n) is 6.29. The van der Waals surface area contributed by atoms with E-state index in [2.05, 4.69) is 4.72 Å². The van der Waals surface area contributed by atoms with Gasteiger partial charge in [0.15, 0.2) is 5.78 Å². The summed E-state index contributed by atoms with van der Waals surface area (Å²) in [5, 5.41) is 0. The number of ketones is 1. The largest absolute Gasteiger partial charge is 0.399 e. The molecule has 3 N–H and O–H groups in total. The number of rotatable bonds is 4. The zero-order valence-electron chi connectivity index (χ0n) is 11.8. The van der Waals surface area contributed by atoms with Crippen LogP contribution in [0, 0.1) is 6.92 Å². The summed E-state index contributed by atoms with van der Waals surface area (Å²) in [6.07, 6.45) is 0. The Bertz CT molecular complexity index is 761. The van der Waals surface area contributed by atoms with Gasteiger partial charge in [-0.15, -0.1) is 0 Å². The highest BCUT2D eigenvalue weighted by Crippen LogP contribution is 2.20. The molecular formula is C15H16N2O3S. The van der Waals surface area contributed by atoms with Crippen LogP contribution in [0.3, 0.4) is 0 Å². The van der Waals surface area contributed by atoms with Crippen LogP contribution in [-0.4, -0.2) is 14.2 Å². The molecule has 6 heteroatoms. The molecule has 2 aromatic rings. The molecule has 2 aromatic carbocycles. The van der Waals surface area contributed by atoms with Crippen molar-refractivity contribution in [3.05, 3.63) is 53.6 Å². The number of nitrogen functional groups attached to an aromatic ring is 1. The van der Waals surface area contributed by atoms with Crippen molar-refractivity contribution in [1.29, 1.82) is 0 Å². The second-order valence-electron chi connectivity index (χ2n) is 4.82. The molecule has 0 amide bonds. The van der Waals surface area contributed by atoms with Crippen LogP contribution in [0.5, 0.6) is 0 Å². The molecule has 0 spiro atoms. The molecule has 0 fully saturated rings. The van der Waals surface area contributed by atoms with E-state index in [9.17, 15) is 13.2 Å². The summed E-state index contributed by atoms with van der Waals surface area (Å²) in [5.74, 6) is -0.0733. The average molecular weight is 304 g/mol. The van der Waals surface area contributed by atoms with Gasteiger partial charge >= 0.3 is 0 Å². The number of benzene rings is 2. The predicted octanol–water partition coefficient (Wildman–Crippen LogP) is 2.58. The minimum absolute atomic E-state index is 0.0733. The fourth-order valence-corrected chi connectivity index (χ4v) is 3.12. The monoisotopic (exact) mass is 304 g/mol. The number of Topliss-reactive ketones (excluding diaryl/α,β-unsaturated/α-hetero) is 1. The number of aryl methyl sites for hydroxylation is 1. The average Bonchev–Trinajstić information content (AvgIpc) is 2.37. The maximum atomic E-state index is 12.3. The molecule has 5 nitrogen and oxygen atoms in total. The topological polar surface area (TPSA) is 89.3 Å². The van der Waals surface area contributed by atoms with Crippen LogP contribution in [0.4, 0.5) is 11.4 Å². The number of hydrogen-bond donors (Lipinski definition) is 2. The molecule has 21 heavy (non-hydrogen) atoms. The molecule has 0 atom stereocenters. The molecule has 0 saturated heterocycles. The molecule has 0 bridgehead atoms. The fraction of sp³-hybridized carbons (Fsp3) is 0.133. The number of carbonyl (C=O) groups is 1. The molecule has 0 saturated carbocycles. The van der Waals surface area contributed by atoms with Gasteiger partial charge in [0, 0.05) is 16.9 Å². The summed E-state index contributed by atoms with van der Waals surface area (Å²) in [5.41, 5.74) is 7.74. The third kappa shape index (κ3) is 3.61. The number of carbonyl (C=O) groups excluding carboxylic acids is 1. The van der Waals surface area contributed by atoms with Gasteiger partial charge in [-0.25, -0.2) is 8.42 Å². The Hall–Kier alpha value is -2.34. The summed E-state index contributed by atoms with van der Waals surface area (Å²) in [6, 6.07) is 10.9. The van der Waals surface area contributed by atoms with Crippen molar-refractivity contribution < 1.29 is 13.2 Å². The van der Waals surface area contributed by atoms with Gasteiger partial charge in [0.05, 0.1) is 4.90 Å².